The molecule has 0 spiro atoms. The second-order valence-electron chi connectivity index (χ2n) is 8.43. The number of amides is 2. The van der Waals surface area contributed by atoms with Crippen molar-refractivity contribution in [1.82, 2.24) is 14.5 Å². The average Bonchev–Trinajstić information content (AvgIpc) is 2.79. The lowest BCUT2D eigenvalue weighted by atomic mass is 9.95. The molecule has 1 fully saturated rings. The van der Waals surface area contributed by atoms with Crippen LogP contribution in [0.2, 0.25) is 0 Å². The normalized spacial score (nSPS) is 14.9. The van der Waals surface area contributed by atoms with Gasteiger partial charge in [-0.3, -0.25) is 9.59 Å². The number of halogens is 1. The number of hydrogen-bond donors (Lipinski definition) is 1. The van der Waals surface area contributed by atoms with E-state index in [-0.39, 0.29) is 44.2 Å². The SMILES string of the molecule is Cc1c(C)c(C)c(S(=O)(=O)N2CCN(C(=O)CNC(=O)c3cccc(F)c3)CC2)c(C)c1C. The van der Waals surface area contributed by atoms with Crippen LogP contribution in [0.3, 0.4) is 0 Å². The van der Waals surface area contributed by atoms with Crippen molar-refractivity contribution in [2.45, 2.75) is 39.5 Å². The standard InChI is InChI=1S/C24H30FN3O4S/c1-15-16(2)18(4)23(19(5)17(15)3)33(31,32)28-11-9-27(10-12-28)22(29)14-26-24(30)20-7-6-8-21(25)13-20/h6-8,13H,9-12,14H2,1-5H3,(H,26,30). The minimum Gasteiger partial charge on any atom is -0.343 e. The summed E-state index contributed by atoms with van der Waals surface area (Å²) in [5.74, 6) is -1.39. The number of sulfonamides is 1. The van der Waals surface area contributed by atoms with Gasteiger partial charge in [-0.2, -0.15) is 4.31 Å². The zero-order valence-corrected chi connectivity index (χ0v) is 20.5. The van der Waals surface area contributed by atoms with E-state index in [2.05, 4.69) is 5.32 Å². The predicted octanol–water partition coefficient (Wildman–Crippen LogP) is 2.63. The maximum atomic E-state index is 13.5. The molecule has 1 saturated heterocycles. The second-order valence-corrected chi connectivity index (χ2v) is 10.3. The van der Waals surface area contributed by atoms with E-state index >= 15 is 0 Å². The first-order chi connectivity index (χ1) is 15.4. The van der Waals surface area contributed by atoms with E-state index in [1.807, 2.05) is 34.6 Å². The zero-order chi connectivity index (χ0) is 24.5. The highest BCUT2D eigenvalue weighted by Gasteiger charge is 2.33. The van der Waals surface area contributed by atoms with Gasteiger partial charge in [0.05, 0.1) is 11.4 Å². The van der Waals surface area contributed by atoms with Crippen molar-refractivity contribution in [2.75, 3.05) is 32.7 Å². The molecule has 9 heteroatoms. The summed E-state index contributed by atoms with van der Waals surface area (Å²) in [6.45, 7) is 10.1. The molecule has 0 radical (unpaired) electrons. The highest BCUT2D eigenvalue weighted by atomic mass is 32.2. The van der Waals surface area contributed by atoms with Crippen LogP contribution in [-0.4, -0.2) is 62.2 Å². The first kappa shape index (κ1) is 24.9. The Hall–Kier alpha value is -2.78. The molecule has 0 saturated carbocycles. The van der Waals surface area contributed by atoms with Crippen LogP contribution in [0.25, 0.3) is 0 Å². The van der Waals surface area contributed by atoms with E-state index in [1.165, 1.54) is 27.4 Å². The Morgan fingerprint density at radius 2 is 1.45 bits per heavy atom. The molecule has 2 aromatic rings. The minimum atomic E-state index is -3.71. The molecule has 178 valence electrons. The zero-order valence-electron chi connectivity index (χ0n) is 19.7. The maximum absolute atomic E-state index is 13.5. The molecule has 0 aliphatic carbocycles. The van der Waals surface area contributed by atoms with Crippen LogP contribution in [0.15, 0.2) is 29.2 Å². The van der Waals surface area contributed by atoms with Gasteiger partial charge in [0.15, 0.2) is 0 Å². The number of benzene rings is 2. The largest absolute Gasteiger partial charge is 0.343 e. The van der Waals surface area contributed by atoms with E-state index in [1.54, 1.807) is 0 Å². The lowest BCUT2D eigenvalue weighted by Crippen LogP contribution is -2.52. The maximum Gasteiger partial charge on any atom is 0.251 e. The van der Waals surface area contributed by atoms with Crippen molar-refractivity contribution < 1.29 is 22.4 Å². The molecule has 0 aromatic heterocycles. The summed E-state index contributed by atoms with van der Waals surface area (Å²) in [6.07, 6.45) is 0. The Kier molecular flexibility index (Phi) is 7.23. The van der Waals surface area contributed by atoms with Gasteiger partial charge < -0.3 is 10.2 Å². The van der Waals surface area contributed by atoms with Gasteiger partial charge in [-0.25, -0.2) is 12.8 Å². The highest BCUT2D eigenvalue weighted by Crippen LogP contribution is 2.31. The Balaban J connectivity index is 1.65. The molecule has 0 atom stereocenters. The second kappa shape index (κ2) is 9.61. The van der Waals surface area contributed by atoms with Crippen LogP contribution in [0, 0.1) is 40.4 Å². The number of hydrogen-bond acceptors (Lipinski definition) is 4. The molecule has 1 N–H and O–H groups in total. The van der Waals surface area contributed by atoms with Gasteiger partial charge in [-0.15, -0.1) is 0 Å². The molecule has 1 heterocycles. The first-order valence-electron chi connectivity index (χ1n) is 10.8. The molecule has 0 unspecified atom stereocenters. The van der Waals surface area contributed by atoms with Gasteiger partial charge in [0.2, 0.25) is 15.9 Å². The summed E-state index contributed by atoms with van der Waals surface area (Å²) in [7, 11) is -3.71. The molecule has 2 amide bonds. The quantitative estimate of drug-likeness (QED) is 0.720. The summed E-state index contributed by atoms with van der Waals surface area (Å²) >= 11 is 0. The molecule has 2 aromatic carbocycles. The van der Waals surface area contributed by atoms with E-state index in [9.17, 15) is 22.4 Å². The highest BCUT2D eigenvalue weighted by molar-refractivity contribution is 7.89. The van der Waals surface area contributed by atoms with E-state index in [4.69, 9.17) is 0 Å². The van der Waals surface area contributed by atoms with Crippen LogP contribution in [0.1, 0.15) is 38.2 Å². The Morgan fingerprint density at radius 3 is 2.00 bits per heavy atom. The lowest BCUT2D eigenvalue weighted by molar-refractivity contribution is -0.131. The van der Waals surface area contributed by atoms with Gasteiger partial charge in [0.1, 0.15) is 5.82 Å². The van der Waals surface area contributed by atoms with Crippen molar-refractivity contribution in [3.8, 4) is 0 Å². The van der Waals surface area contributed by atoms with E-state index in [0.29, 0.717) is 4.90 Å². The van der Waals surface area contributed by atoms with Crippen LogP contribution in [0.4, 0.5) is 4.39 Å². The van der Waals surface area contributed by atoms with Gasteiger partial charge >= 0.3 is 0 Å². The number of nitrogens with one attached hydrogen (secondary N) is 1. The van der Waals surface area contributed by atoms with E-state index < -0.39 is 21.7 Å². The molecular weight excluding hydrogens is 445 g/mol. The van der Waals surface area contributed by atoms with Gasteiger partial charge in [0, 0.05) is 31.7 Å². The molecule has 1 aliphatic rings. The van der Waals surface area contributed by atoms with E-state index in [0.717, 1.165) is 33.9 Å². The Morgan fingerprint density at radius 1 is 0.909 bits per heavy atom. The van der Waals surface area contributed by atoms with Gasteiger partial charge in [-0.05, 0) is 80.6 Å². The number of carbonyl (C=O) groups excluding carboxylic acids is 2. The predicted molar refractivity (Wildman–Crippen MR) is 124 cm³/mol. The third-order valence-corrected chi connectivity index (χ3v) is 8.78. The number of nitrogens with zero attached hydrogens (tertiary/aromatic N) is 2. The third kappa shape index (κ3) is 4.94. The smallest absolute Gasteiger partial charge is 0.251 e. The summed E-state index contributed by atoms with van der Waals surface area (Å²) < 4.78 is 41.6. The molecule has 3 rings (SSSR count). The topological polar surface area (TPSA) is 86.8 Å². The molecule has 1 aliphatic heterocycles. The van der Waals surface area contributed by atoms with Crippen molar-refractivity contribution >= 4 is 21.8 Å². The fourth-order valence-electron chi connectivity index (χ4n) is 4.16. The van der Waals surface area contributed by atoms with Crippen LogP contribution in [0.5, 0.6) is 0 Å². The number of piperazine rings is 1. The Labute approximate surface area is 194 Å². The summed E-state index contributed by atoms with van der Waals surface area (Å²) in [5, 5.41) is 2.49. The molecular formula is C24H30FN3O4S. The van der Waals surface area contributed by atoms with Crippen molar-refractivity contribution in [1.29, 1.82) is 0 Å². The summed E-state index contributed by atoms with van der Waals surface area (Å²) in [4.78, 5) is 26.5. The number of carbonyl (C=O) groups is 2. The van der Waals surface area contributed by atoms with Crippen LogP contribution < -0.4 is 5.32 Å². The van der Waals surface area contributed by atoms with Crippen molar-refractivity contribution in [3.05, 3.63) is 63.5 Å². The first-order valence-corrected chi connectivity index (χ1v) is 12.3. The minimum absolute atomic E-state index is 0.133. The lowest BCUT2D eigenvalue weighted by Gasteiger charge is -2.35. The average molecular weight is 476 g/mol. The third-order valence-electron chi connectivity index (χ3n) is 6.61. The Bertz CT molecular complexity index is 1170. The molecule has 0 bridgehead atoms. The molecule has 33 heavy (non-hydrogen) atoms. The van der Waals surface area contributed by atoms with Gasteiger partial charge in [-0.1, -0.05) is 6.07 Å². The van der Waals surface area contributed by atoms with Crippen molar-refractivity contribution in [2.24, 2.45) is 0 Å². The van der Waals surface area contributed by atoms with Crippen LogP contribution >= 0.6 is 0 Å². The fourth-order valence-corrected chi connectivity index (χ4v) is 6.14. The van der Waals surface area contributed by atoms with Crippen molar-refractivity contribution in [3.63, 3.8) is 0 Å². The summed E-state index contributed by atoms with van der Waals surface area (Å²) in [5.41, 5.74) is 4.69. The number of rotatable bonds is 5. The summed E-state index contributed by atoms with van der Waals surface area (Å²) in [6, 6.07) is 5.22. The van der Waals surface area contributed by atoms with Gasteiger partial charge in [0.25, 0.3) is 5.91 Å². The molecule has 7 nitrogen and oxygen atoms in total. The van der Waals surface area contributed by atoms with Crippen LogP contribution in [-0.2, 0) is 14.8 Å². The fraction of sp³-hybridized carbons (Fsp3) is 0.417. The monoisotopic (exact) mass is 475 g/mol.